The molecule has 1 amide bonds. The normalized spacial score (nSPS) is 21.4. The Bertz CT molecular complexity index is 826. The van der Waals surface area contributed by atoms with Crippen LogP contribution in [0.4, 0.5) is 9.18 Å². The van der Waals surface area contributed by atoms with Crippen LogP contribution < -0.4 is 4.74 Å². The molecule has 1 fully saturated rings. The first-order valence-electron chi connectivity index (χ1n) is 9.57. The van der Waals surface area contributed by atoms with Gasteiger partial charge in [-0.1, -0.05) is 24.3 Å². The van der Waals surface area contributed by atoms with Gasteiger partial charge >= 0.3 is 6.09 Å². The molecule has 1 aliphatic rings. The summed E-state index contributed by atoms with van der Waals surface area (Å²) in [6, 6.07) is 12.9. The maximum Gasteiger partial charge on any atom is 0.411 e. The van der Waals surface area contributed by atoms with Crippen LogP contribution in [0.2, 0.25) is 0 Å². The first-order valence-corrected chi connectivity index (χ1v) is 9.57. The number of benzene rings is 2. The van der Waals surface area contributed by atoms with Crippen LogP contribution in [0.3, 0.4) is 0 Å². The number of aliphatic hydroxyl groups is 2. The van der Waals surface area contributed by atoms with Crippen LogP contribution in [0.1, 0.15) is 36.9 Å². The number of aliphatic hydroxyl groups excluding tert-OH is 2. The van der Waals surface area contributed by atoms with E-state index in [-0.39, 0.29) is 12.5 Å². The van der Waals surface area contributed by atoms with Crippen LogP contribution in [0, 0.1) is 5.82 Å². The lowest BCUT2D eigenvalue weighted by molar-refractivity contribution is -0.0892. The maximum absolute atomic E-state index is 13.4. The van der Waals surface area contributed by atoms with E-state index in [1.54, 1.807) is 24.1 Å². The van der Waals surface area contributed by atoms with Crippen molar-refractivity contribution in [3.05, 3.63) is 65.5 Å². The van der Waals surface area contributed by atoms with Crippen LogP contribution in [-0.4, -0.2) is 47.6 Å². The van der Waals surface area contributed by atoms with E-state index >= 15 is 0 Å². The van der Waals surface area contributed by atoms with Gasteiger partial charge in [-0.3, -0.25) is 0 Å². The molecule has 156 valence electrons. The molecular formula is C22H26FNO5. The summed E-state index contributed by atoms with van der Waals surface area (Å²) in [6.07, 6.45) is -1.14. The summed E-state index contributed by atoms with van der Waals surface area (Å²) in [6.45, 7) is 1.85. The minimum atomic E-state index is -1.12. The van der Waals surface area contributed by atoms with Crippen LogP contribution >= 0.6 is 0 Å². The SMILES string of the molecule is COc1ccc(C(C)N2CCC(CC(O)CO)(c3ccc(F)cc3)OC2=O)cc1. The van der Waals surface area contributed by atoms with Crippen molar-refractivity contribution in [2.45, 2.75) is 37.5 Å². The molecule has 1 aliphatic heterocycles. The summed E-state index contributed by atoms with van der Waals surface area (Å²) < 4.78 is 24.4. The molecule has 2 aromatic rings. The summed E-state index contributed by atoms with van der Waals surface area (Å²) in [4.78, 5) is 14.5. The Hall–Kier alpha value is -2.64. The second-order valence-corrected chi connectivity index (χ2v) is 7.30. The van der Waals surface area contributed by atoms with Crippen molar-refractivity contribution in [1.82, 2.24) is 4.90 Å². The second kappa shape index (κ2) is 8.80. The van der Waals surface area contributed by atoms with Crippen LogP contribution in [0.25, 0.3) is 0 Å². The molecule has 1 saturated heterocycles. The van der Waals surface area contributed by atoms with Crippen molar-refractivity contribution < 1.29 is 28.9 Å². The van der Waals surface area contributed by atoms with Gasteiger partial charge in [-0.05, 0) is 42.3 Å². The van der Waals surface area contributed by atoms with Gasteiger partial charge in [0.1, 0.15) is 17.2 Å². The van der Waals surface area contributed by atoms with Crippen molar-refractivity contribution in [3.63, 3.8) is 0 Å². The predicted octanol–water partition coefficient (Wildman–Crippen LogP) is 3.38. The molecule has 0 aromatic heterocycles. The third-order valence-corrected chi connectivity index (χ3v) is 5.49. The minimum absolute atomic E-state index is 0.0334. The number of amides is 1. The molecule has 0 saturated carbocycles. The number of nitrogens with zero attached hydrogens (tertiary/aromatic N) is 1. The monoisotopic (exact) mass is 403 g/mol. The summed E-state index contributed by atoms with van der Waals surface area (Å²) in [7, 11) is 1.59. The molecule has 7 heteroatoms. The molecule has 1 heterocycles. The Morgan fingerprint density at radius 3 is 2.41 bits per heavy atom. The van der Waals surface area contributed by atoms with E-state index in [0.29, 0.717) is 18.5 Å². The van der Waals surface area contributed by atoms with E-state index in [2.05, 4.69) is 0 Å². The van der Waals surface area contributed by atoms with Gasteiger partial charge in [0.25, 0.3) is 0 Å². The van der Waals surface area contributed by atoms with E-state index in [1.165, 1.54) is 12.1 Å². The lowest BCUT2D eigenvalue weighted by Crippen LogP contribution is -2.50. The summed E-state index contributed by atoms with van der Waals surface area (Å²) in [5.41, 5.74) is 0.409. The van der Waals surface area contributed by atoms with Gasteiger partial charge in [-0.2, -0.15) is 0 Å². The third kappa shape index (κ3) is 4.52. The smallest absolute Gasteiger partial charge is 0.411 e. The average Bonchev–Trinajstić information content (AvgIpc) is 2.73. The lowest BCUT2D eigenvalue weighted by atomic mass is 9.83. The highest BCUT2D eigenvalue weighted by Crippen LogP contribution is 2.40. The fraction of sp³-hybridized carbons (Fsp3) is 0.409. The van der Waals surface area contributed by atoms with Crippen molar-refractivity contribution in [2.24, 2.45) is 0 Å². The highest BCUT2D eigenvalue weighted by Gasteiger charge is 2.44. The van der Waals surface area contributed by atoms with Crippen molar-refractivity contribution in [2.75, 3.05) is 20.3 Å². The number of cyclic esters (lactones) is 1. The molecule has 2 N–H and O–H groups in total. The van der Waals surface area contributed by atoms with Crippen LogP contribution in [-0.2, 0) is 10.3 Å². The Kier molecular flexibility index (Phi) is 6.39. The van der Waals surface area contributed by atoms with Crippen LogP contribution in [0.5, 0.6) is 5.75 Å². The van der Waals surface area contributed by atoms with Gasteiger partial charge < -0.3 is 24.6 Å². The number of carbonyl (C=O) groups is 1. The largest absolute Gasteiger partial charge is 0.497 e. The fourth-order valence-electron chi connectivity index (χ4n) is 3.75. The van der Waals surface area contributed by atoms with Crippen molar-refractivity contribution in [1.29, 1.82) is 0 Å². The molecule has 29 heavy (non-hydrogen) atoms. The molecule has 0 bridgehead atoms. The molecule has 3 unspecified atom stereocenters. The Balaban J connectivity index is 1.83. The second-order valence-electron chi connectivity index (χ2n) is 7.30. The predicted molar refractivity (Wildman–Crippen MR) is 105 cm³/mol. The van der Waals surface area contributed by atoms with E-state index in [1.807, 2.05) is 31.2 Å². The topological polar surface area (TPSA) is 79.2 Å². The van der Waals surface area contributed by atoms with Crippen LogP contribution in [0.15, 0.2) is 48.5 Å². The summed E-state index contributed by atoms with van der Waals surface area (Å²) in [5, 5.41) is 19.3. The third-order valence-electron chi connectivity index (χ3n) is 5.49. The van der Waals surface area contributed by atoms with Gasteiger partial charge in [0, 0.05) is 19.4 Å². The van der Waals surface area contributed by atoms with Crippen molar-refractivity contribution in [3.8, 4) is 5.75 Å². The minimum Gasteiger partial charge on any atom is -0.497 e. The van der Waals surface area contributed by atoms with E-state index in [9.17, 15) is 19.4 Å². The van der Waals surface area contributed by atoms with Crippen molar-refractivity contribution >= 4 is 6.09 Å². The number of methoxy groups -OCH3 is 1. The number of rotatable bonds is 7. The van der Waals surface area contributed by atoms with Gasteiger partial charge in [0.15, 0.2) is 0 Å². The number of hydrogen-bond donors (Lipinski definition) is 2. The average molecular weight is 403 g/mol. The number of carbonyl (C=O) groups excluding carboxylic acids is 1. The van der Waals surface area contributed by atoms with Gasteiger partial charge in [-0.15, -0.1) is 0 Å². The Morgan fingerprint density at radius 2 is 1.86 bits per heavy atom. The number of ether oxygens (including phenoxy) is 2. The molecular weight excluding hydrogens is 377 g/mol. The van der Waals surface area contributed by atoms with Gasteiger partial charge in [-0.25, -0.2) is 9.18 Å². The summed E-state index contributed by atoms with van der Waals surface area (Å²) >= 11 is 0. The molecule has 2 aromatic carbocycles. The van der Waals surface area contributed by atoms with E-state index in [4.69, 9.17) is 9.47 Å². The first kappa shape index (κ1) is 21.1. The Morgan fingerprint density at radius 1 is 1.21 bits per heavy atom. The molecule has 3 rings (SSSR count). The quantitative estimate of drug-likeness (QED) is 0.741. The maximum atomic E-state index is 13.4. The van der Waals surface area contributed by atoms with E-state index < -0.39 is 30.2 Å². The van der Waals surface area contributed by atoms with Gasteiger partial charge in [0.05, 0.1) is 25.9 Å². The van der Waals surface area contributed by atoms with E-state index in [0.717, 1.165) is 11.3 Å². The Labute approximate surface area is 169 Å². The number of halogens is 1. The first-order chi connectivity index (χ1) is 13.9. The lowest BCUT2D eigenvalue weighted by Gasteiger charge is -2.44. The standard InChI is InChI=1S/C22H26FNO5/c1-15(16-3-9-20(28-2)10-4-16)24-12-11-22(29-21(24)27,13-19(26)14-25)17-5-7-18(23)8-6-17/h3-10,15,19,25-26H,11-14H2,1-2H3. The zero-order valence-corrected chi connectivity index (χ0v) is 16.5. The highest BCUT2D eigenvalue weighted by molar-refractivity contribution is 5.70. The molecule has 0 aliphatic carbocycles. The highest BCUT2D eigenvalue weighted by atomic mass is 19.1. The molecule has 6 nitrogen and oxygen atoms in total. The number of hydrogen-bond acceptors (Lipinski definition) is 5. The zero-order valence-electron chi connectivity index (χ0n) is 16.5. The molecule has 3 atom stereocenters. The van der Waals surface area contributed by atoms with Gasteiger partial charge in [0.2, 0.25) is 0 Å². The summed E-state index contributed by atoms with van der Waals surface area (Å²) in [5.74, 6) is 0.332. The molecule has 0 spiro atoms. The fourth-order valence-corrected chi connectivity index (χ4v) is 3.75. The zero-order chi connectivity index (χ0) is 21.0. The molecule has 0 radical (unpaired) electrons.